The maximum absolute atomic E-state index is 12.3. The summed E-state index contributed by atoms with van der Waals surface area (Å²) in [4.78, 5) is 16.5. The average molecular weight is 361 g/mol. The van der Waals surface area contributed by atoms with E-state index in [9.17, 15) is 4.79 Å². The van der Waals surface area contributed by atoms with E-state index < -0.39 is 0 Å². The Hall–Kier alpha value is -2.11. The van der Waals surface area contributed by atoms with Crippen molar-refractivity contribution in [3.05, 3.63) is 52.7 Å². The first-order chi connectivity index (χ1) is 12.1. The number of hydrogen-bond acceptors (Lipinski definition) is 4. The van der Waals surface area contributed by atoms with Gasteiger partial charge < -0.3 is 14.8 Å². The Morgan fingerprint density at radius 3 is 2.80 bits per heavy atom. The van der Waals surface area contributed by atoms with E-state index in [0.717, 1.165) is 31.6 Å². The van der Waals surface area contributed by atoms with Crippen LogP contribution >= 0.6 is 11.6 Å². The topological polar surface area (TPSA) is 60.5 Å². The number of rotatable bonds is 5. The van der Waals surface area contributed by atoms with Crippen LogP contribution in [0.25, 0.3) is 0 Å². The molecule has 1 amide bonds. The normalized spacial score (nSPS) is 15.0. The van der Waals surface area contributed by atoms with Crippen LogP contribution in [-0.2, 0) is 4.74 Å². The molecule has 0 radical (unpaired) electrons. The van der Waals surface area contributed by atoms with Crippen LogP contribution in [0.2, 0.25) is 5.02 Å². The highest BCUT2D eigenvalue weighted by Crippen LogP contribution is 2.21. The van der Waals surface area contributed by atoms with Gasteiger partial charge in [0.25, 0.3) is 5.91 Å². The first-order valence-electron chi connectivity index (χ1n) is 8.36. The summed E-state index contributed by atoms with van der Waals surface area (Å²) in [5.41, 5.74) is 2.09. The molecule has 1 N–H and O–H groups in total. The fourth-order valence-corrected chi connectivity index (χ4v) is 2.77. The summed E-state index contributed by atoms with van der Waals surface area (Å²) < 4.78 is 11.0. The first-order valence-corrected chi connectivity index (χ1v) is 8.74. The molecule has 2 heterocycles. The van der Waals surface area contributed by atoms with Crippen molar-refractivity contribution in [3.8, 4) is 5.88 Å². The summed E-state index contributed by atoms with van der Waals surface area (Å²) in [6, 6.07) is 8.84. The van der Waals surface area contributed by atoms with Gasteiger partial charge in [-0.05, 0) is 49.4 Å². The van der Waals surface area contributed by atoms with E-state index in [1.54, 1.807) is 18.2 Å². The van der Waals surface area contributed by atoms with Crippen molar-refractivity contribution in [3.63, 3.8) is 0 Å². The van der Waals surface area contributed by atoms with Crippen molar-refractivity contribution < 1.29 is 14.3 Å². The summed E-state index contributed by atoms with van der Waals surface area (Å²) in [6.07, 6.45) is 3.55. The third-order valence-corrected chi connectivity index (χ3v) is 4.64. The third-order valence-electron chi connectivity index (χ3n) is 4.24. The number of nitrogens with zero attached hydrogens (tertiary/aromatic N) is 1. The quantitative estimate of drug-likeness (QED) is 0.872. The highest BCUT2D eigenvalue weighted by atomic mass is 35.5. The molecule has 1 aromatic heterocycles. The Labute approximate surface area is 152 Å². The maximum atomic E-state index is 12.3. The second kappa shape index (κ2) is 8.32. The molecule has 1 saturated heterocycles. The van der Waals surface area contributed by atoms with Crippen molar-refractivity contribution in [1.82, 2.24) is 4.98 Å². The van der Waals surface area contributed by atoms with E-state index >= 15 is 0 Å². The van der Waals surface area contributed by atoms with E-state index in [0.29, 0.717) is 34.7 Å². The van der Waals surface area contributed by atoms with E-state index in [1.165, 1.54) is 6.20 Å². The lowest BCUT2D eigenvalue weighted by Crippen LogP contribution is -2.21. The highest BCUT2D eigenvalue weighted by molar-refractivity contribution is 6.31. The minimum atomic E-state index is -0.233. The average Bonchev–Trinajstić information content (AvgIpc) is 2.64. The number of aromatic nitrogens is 1. The fraction of sp³-hybridized carbons (Fsp3) is 0.368. The van der Waals surface area contributed by atoms with E-state index in [-0.39, 0.29) is 5.91 Å². The molecule has 1 aliphatic rings. The van der Waals surface area contributed by atoms with Crippen LogP contribution in [0, 0.1) is 12.8 Å². The van der Waals surface area contributed by atoms with Crippen molar-refractivity contribution in [1.29, 1.82) is 0 Å². The molecule has 1 fully saturated rings. The largest absolute Gasteiger partial charge is 0.477 e. The number of hydrogen-bond donors (Lipinski definition) is 1. The summed E-state index contributed by atoms with van der Waals surface area (Å²) in [6.45, 7) is 4.13. The van der Waals surface area contributed by atoms with Gasteiger partial charge in [0.15, 0.2) is 0 Å². The van der Waals surface area contributed by atoms with Gasteiger partial charge in [-0.15, -0.1) is 0 Å². The molecule has 1 aromatic carbocycles. The molecule has 5 nitrogen and oxygen atoms in total. The maximum Gasteiger partial charge on any atom is 0.257 e. The summed E-state index contributed by atoms with van der Waals surface area (Å²) in [5.74, 6) is 0.801. The number of benzene rings is 1. The van der Waals surface area contributed by atoms with E-state index in [4.69, 9.17) is 21.1 Å². The van der Waals surface area contributed by atoms with Gasteiger partial charge in [0.2, 0.25) is 5.88 Å². The second-order valence-corrected chi connectivity index (χ2v) is 6.58. The zero-order valence-electron chi connectivity index (χ0n) is 14.1. The first kappa shape index (κ1) is 17.7. The number of pyridine rings is 1. The van der Waals surface area contributed by atoms with Crippen LogP contribution in [0.1, 0.15) is 28.8 Å². The van der Waals surface area contributed by atoms with Gasteiger partial charge in [-0.3, -0.25) is 4.79 Å². The number of anilines is 1. The lowest BCUT2D eigenvalue weighted by molar-refractivity contribution is 0.0490. The number of ether oxygens (including phenoxy) is 2. The Morgan fingerprint density at radius 2 is 2.12 bits per heavy atom. The van der Waals surface area contributed by atoms with Gasteiger partial charge in [-0.2, -0.15) is 0 Å². The van der Waals surface area contributed by atoms with Gasteiger partial charge in [-0.25, -0.2) is 4.98 Å². The van der Waals surface area contributed by atoms with Gasteiger partial charge in [-0.1, -0.05) is 17.7 Å². The highest BCUT2D eigenvalue weighted by Gasteiger charge is 2.15. The molecule has 6 heteroatoms. The van der Waals surface area contributed by atoms with E-state index in [1.807, 2.05) is 19.1 Å². The zero-order valence-corrected chi connectivity index (χ0v) is 14.9. The van der Waals surface area contributed by atoms with Gasteiger partial charge in [0.1, 0.15) is 0 Å². The van der Waals surface area contributed by atoms with Crippen LogP contribution in [0.3, 0.4) is 0 Å². The van der Waals surface area contributed by atoms with Crippen LogP contribution < -0.4 is 10.1 Å². The molecule has 25 heavy (non-hydrogen) atoms. The second-order valence-electron chi connectivity index (χ2n) is 6.17. The number of nitrogens with one attached hydrogen (secondary N) is 1. The molecule has 2 aromatic rings. The Bertz CT molecular complexity index is 728. The summed E-state index contributed by atoms with van der Waals surface area (Å²) in [7, 11) is 0. The van der Waals surface area contributed by atoms with Crippen LogP contribution in [-0.4, -0.2) is 30.7 Å². The molecule has 0 atom stereocenters. The number of amides is 1. The van der Waals surface area contributed by atoms with Crippen molar-refractivity contribution in [2.75, 3.05) is 25.1 Å². The van der Waals surface area contributed by atoms with Gasteiger partial charge in [0, 0.05) is 36.2 Å². The standard InChI is InChI=1S/C19H21ClN2O3/c1-13-2-4-16(10-17(13)20)22-19(23)15-3-5-18(21-11-15)25-12-14-6-8-24-9-7-14/h2-5,10-11,14H,6-9,12H2,1H3,(H,22,23). The zero-order chi connectivity index (χ0) is 17.6. The molecule has 0 aliphatic carbocycles. The lowest BCUT2D eigenvalue weighted by Gasteiger charge is -2.21. The predicted molar refractivity (Wildman–Crippen MR) is 97.4 cm³/mol. The Balaban J connectivity index is 1.55. The van der Waals surface area contributed by atoms with E-state index in [2.05, 4.69) is 10.3 Å². The van der Waals surface area contributed by atoms with Crippen LogP contribution in [0.5, 0.6) is 5.88 Å². The van der Waals surface area contributed by atoms with Crippen molar-refractivity contribution >= 4 is 23.2 Å². The Morgan fingerprint density at radius 1 is 1.32 bits per heavy atom. The van der Waals surface area contributed by atoms with Crippen molar-refractivity contribution in [2.45, 2.75) is 19.8 Å². The minimum absolute atomic E-state index is 0.233. The summed E-state index contributed by atoms with van der Waals surface area (Å²) in [5, 5.41) is 3.43. The smallest absolute Gasteiger partial charge is 0.257 e. The molecule has 0 saturated carbocycles. The fourth-order valence-electron chi connectivity index (χ4n) is 2.59. The summed E-state index contributed by atoms with van der Waals surface area (Å²) >= 11 is 6.07. The number of aryl methyl sites for hydroxylation is 1. The molecule has 132 valence electrons. The van der Waals surface area contributed by atoms with Crippen molar-refractivity contribution in [2.24, 2.45) is 5.92 Å². The molecule has 0 bridgehead atoms. The SMILES string of the molecule is Cc1ccc(NC(=O)c2ccc(OCC3CCOCC3)nc2)cc1Cl. The molecular formula is C19H21ClN2O3. The third kappa shape index (κ3) is 4.94. The lowest BCUT2D eigenvalue weighted by atomic mass is 10.0. The molecule has 0 spiro atoms. The minimum Gasteiger partial charge on any atom is -0.477 e. The number of carbonyl (C=O) groups excluding carboxylic acids is 1. The predicted octanol–water partition coefficient (Wildman–Crippen LogP) is 4.10. The molecule has 1 aliphatic heterocycles. The Kier molecular flexibility index (Phi) is 5.89. The van der Waals surface area contributed by atoms with Crippen LogP contribution in [0.15, 0.2) is 36.5 Å². The molecular weight excluding hydrogens is 340 g/mol. The molecule has 3 rings (SSSR count). The molecule has 0 unspecified atom stereocenters. The van der Waals surface area contributed by atoms with Crippen LogP contribution in [0.4, 0.5) is 5.69 Å². The number of carbonyl (C=O) groups is 1. The monoisotopic (exact) mass is 360 g/mol. The van der Waals surface area contributed by atoms with Gasteiger partial charge >= 0.3 is 0 Å². The number of halogens is 1. The van der Waals surface area contributed by atoms with Gasteiger partial charge in [0.05, 0.1) is 12.2 Å².